The molecule has 2 aliphatic carbocycles. The third kappa shape index (κ3) is 9.14. The molecule has 0 spiro atoms. The molecule has 5 heteroatoms. The number of carbonyl (C=O) groups excluding carboxylic acids is 2. The second kappa shape index (κ2) is 16.3. The van der Waals surface area contributed by atoms with E-state index in [9.17, 15) is 14.0 Å². The van der Waals surface area contributed by atoms with Gasteiger partial charge in [0.25, 0.3) is 12.9 Å². The molecular formula is C36H45FO4. The van der Waals surface area contributed by atoms with Gasteiger partial charge in [-0.05, 0) is 103 Å². The summed E-state index contributed by atoms with van der Waals surface area (Å²) in [6.45, 7) is 3.68. The summed E-state index contributed by atoms with van der Waals surface area (Å²) in [6.07, 6.45) is 19.5. The minimum absolute atomic E-state index is 0.0679. The topological polar surface area (TPSA) is 52.6 Å². The highest BCUT2D eigenvalue weighted by molar-refractivity contribution is 5.81. The molecule has 1 fully saturated rings. The minimum atomic E-state index is -0.0915. The van der Waals surface area contributed by atoms with Crippen LogP contribution in [0.15, 0.2) is 48.6 Å². The molecule has 41 heavy (non-hydrogen) atoms. The first-order chi connectivity index (χ1) is 20.1. The standard InChI is InChI=1S/C36H45FO4/c1-2-3-4-8-32-17-20-35(22-36(32)37)31-14-13-30-15-18-33(21-34(30)19-16-31)29-11-9-27(10-12-29)6-5-7-28(23-40-25-38)24-41-26-39/h14-22,25-29H,2-13,23-24H2,1H3. The molecule has 0 radical (unpaired) electrons. The van der Waals surface area contributed by atoms with Crippen molar-refractivity contribution >= 4 is 24.6 Å². The van der Waals surface area contributed by atoms with Crippen molar-refractivity contribution < 1.29 is 23.5 Å². The molecule has 220 valence electrons. The van der Waals surface area contributed by atoms with Crippen LogP contribution in [0.2, 0.25) is 0 Å². The van der Waals surface area contributed by atoms with Crippen LogP contribution in [0.4, 0.5) is 4.39 Å². The zero-order valence-electron chi connectivity index (χ0n) is 24.5. The average Bonchev–Trinajstić information content (AvgIpc) is 3.22. The van der Waals surface area contributed by atoms with Crippen molar-refractivity contribution in [1.29, 1.82) is 0 Å². The van der Waals surface area contributed by atoms with E-state index in [0.717, 1.165) is 74.0 Å². The number of hydrogen-bond acceptors (Lipinski definition) is 4. The Kier molecular flexibility index (Phi) is 12.2. The highest BCUT2D eigenvalue weighted by Gasteiger charge is 2.23. The first-order valence-corrected chi connectivity index (χ1v) is 15.5. The molecule has 0 aliphatic heterocycles. The number of aryl methyl sites for hydroxylation is 1. The Bertz CT molecular complexity index is 1180. The van der Waals surface area contributed by atoms with Crippen LogP contribution in [0.3, 0.4) is 0 Å². The Labute approximate surface area is 245 Å². The predicted octanol–water partition coefficient (Wildman–Crippen LogP) is 8.62. The fraction of sp³-hybridized carbons (Fsp3) is 0.500. The fourth-order valence-electron chi connectivity index (χ4n) is 6.43. The SMILES string of the molecule is CCCCCc1ccc(C2=CCc3ccc(C4CCC(CCCC(COC=O)COC=O)CC4)cc3C=C2)cc1F. The summed E-state index contributed by atoms with van der Waals surface area (Å²) < 4.78 is 24.6. The maximum absolute atomic E-state index is 14.8. The lowest BCUT2D eigenvalue weighted by molar-refractivity contribution is -0.133. The van der Waals surface area contributed by atoms with Crippen LogP contribution in [0.5, 0.6) is 0 Å². The molecule has 0 saturated heterocycles. The average molecular weight is 561 g/mol. The molecule has 0 amide bonds. The number of halogens is 1. The number of hydrogen-bond donors (Lipinski definition) is 0. The van der Waals surface area contributed by atoms with E-state index in [-0.39, 0.29) is 11.7 Å². The highest BCUT2D eigenvalue weighted by Crippen LogP contribution is 2.39. The van der Waals surface area contributed by atoms with Crippen molar-refractivity contribution in [2.45, 2.75) is 89.9 Å². The molecule has 0 unspecified atom stereocenters. The van der Waals surface area contributed by atoms with Crippen molar-refractivity contribution in [2.75, 3.05) is 13.2 Å². The molecule has 4 rings (SSSR count). The van der Waals surface area contributed by atoms with Gasteiger partial charge >= 0.3 is 0 Å². The van der Waals surface area contributed by atoms with Gasteiger partial charge in [0.2, 0.25) is 0 Å². The number of rotatable bonds is 16. The van der Waals surface area contributed by atoms with Gasteiger partial charge in [0.05, 0.1) is 13.2 Å². The highest BCUT2D eigenvalue weighted by atomic mass is 19.1. The number of carbonyl (C=O) groups is 2. The Morgan fingerprint density at radius 1 is 0.927 bits per heavy atom. The smallest absolute Gasteiger partial charge is 0.293 e. The summed E-state index contributed by atoms with van der Waals surface area (Å²) in [6, 6.07) is 12.7. The van der Waals surface area contributed by atoms with E-state index in [1.807, 2.05) is 6.07 Å². The van der Waals surface area contributed by atoms with Gasteiger partial charge in [0.15, 0.2) is 0 Å². The minimum Gasteiger partial charge on any atom is -0.467 e. The molecule has 0 atom stereocenters. The summed E-state index contributed by atoms with van der Waals surface area (Å²) in [4.78, 5) is 21.1. The fourth-order valence-corrected chi connectivity index (χ4v) is 6.43. The monoisotopic (exact) mass is 560 g/mol. The first kappa shape index (κ1) is 30.7. The van der Waals surface area contributed by atoms with Crippen LogP contribution in [0, 0.1) is 17.7 Å². The number of allylic oxidation sites excluding steroid dienone is 3. The van der Waals surface area contributed by atoms with Crippen LogP contribution >= 0.6 is 0 Å². The van der Waals surface area contributed by atoms with E-state index in [1.165, 1.54) is 42.4 Å². The van der Waals surface area contributed by atoms with E-state index < -0.39 is 0 Å². The molecule has 0 heterocycles. The predicted molar refractivity (Wildman–Crippen MR) is 163 cm³/mol. The van der Waals surface area contributed by atoms with Crippen LogP contribution in [0.1, 0.15) is 105 Å². The quantitative estimate of drug-likeness (QED) is 0.152. The van der Waals surface area contributed by atoms with Crippen molar-refractivity contribution in [3.63, 3.8) is 0 Å². The van der Waals surface area contributed by atoms with Gasteiger partial charge < -0.3 is 9.47 Å². The molecule has 4 nitrogen and oxygen atoms in total. The Morgan fingerprint density at radius 3 is 2.41 bits per heavy atom. The van der Waals surface area contributed by atoms with Gasteiger partial charge in [-0.15, -0.1) is 0 Å². The summed E-state index contributed by atoms with van der Waals surface area (Å²) in [5.41, 5.74) is 6.87. The zero-order valence-corrected chi connectivity index (χ0v) is 24.5. The molecule has 0 aromatic heterocycles. The van der Waals surface area contributed by atoms with Gasteiger partial charge in [-0.3, -0.25) is 9.59 Å². The Balaban J connectivity index is 1.29. The van der Waals surface area contributed by atoms with Gasteiger partial charge in [0.1, 0.15) is 5.82 Å². The number of fused-ring (bicyclic) bond motifs is 1. The molecule has 2 aromatic rings. The molecule has 0 N–H and O–H groups in total. The lowest BCUT2D eigenvalue weighted by Gasteiger charge is -2.29. The Hall–Kier alpha value is -3.21. The zero-order chi connectivity index (χ0) is 28.9. The van der Waals surface area contributed by atoms with Crippen LogP contribution in [-0.4, -0.2) is 26.2 Å². The third-order valence-corrected chi connectivity index (χ3v) is 8.93. The van der Waals surface area contributed by atoms with Crippen molar-refractivity contribution in [3.05, 3.63) is 82.2 Å². The maximum atomic E-state index is 14.8. The van der Waals surface area contributed by atoms with E-state index in [0.29, 0.717) is 32.1 Å². The van der Waals surface area contributed by atoms with Crippen molar-refractivity contribution in [2.24, 2.45) is 11.8 Å². The lowest BCUT2D eigenvalue weighted by atomic mass is 9.76. The van der Waals surface area contributed by atoms with Crippen molar-refractivity contribution in [1.82, 2.24) is 0 Å². The number of ether oxygens (including phenoxy) is 2. The lowest BCUT2D eigenvalue weighted by Crippen LogP contribution is -2.17. The second-order valence-corrected chi connectivity index (χ2v) is 11.8. The summed E-state index contributed by atoms with van der Waals surface area (Å²) in [5.74, 6) is 1.28. The van der Waals surface area contributed by atoms with Crippen LogP contribution in [0.25, 0.3) is 11.6 Å². The molecule has 0 bridgehead atoms. The second-order valence-electron chi connectivity index (χ2n) is 11.8. The summed E-state index contributed by atoms with van der Waals surface area (Å²) in [7, 11) is 0. The van der Waals surface area contributed by atoms with Gasteiger partial charge in [-0.25, -0.2) is 4.39 Å². The van der Waals surface area contributed by atoms with Crippen LogP contribution in [-0.2, 0) is 31.9 Å². The van der Waals surface area contributed by atoms with Gasteiger partial charge in [-0.2, -0.15) is 0 Å². The van der Waals surface area contributed by atoms with E-state index in [2.05, 4.69) is 49.4 Å². The largest absolute Gasteiger partial charge is 0.467 e. The molecule has 2 aromatic carbocycles. The Morgan fingerprint density at radius 2 is 1.71 bits per heavy atom. The summed E-state index contributed by atoms with van der Waals surface area (Å²) in [5, 5.41) is 0. The summed E-state index contributed by atoms with van der Waals surface area (Å²) >= 11 is 0. The van der Waals surface area contributed by atoms with Gasteiger partial charge in [-0.1, -0.05) is 81.2 Å². The normalized spacial score (nSPS) is 18.4. The van der Waals surface area contributed by atoms with Crippen LogP contribution < -0.4 is 0 Å². The molecule has 1 saturated carbocycles. The molecule has 2 aliphatic rings. The first-order valence-electron chi connectivity index (χ1n) is 15.5. The van der Waals surface area contributed by atoms with Crippen molar-refractivity contribution in [3.8, 4) is 0 Å². The van der Waals surface area contributed by atoms with Gasteiger partial charge in [0, 0.05) is 5.92 Å². The van der Waals surface area contributed by atoms with E-state index in [1.54, 1.807) is 6.07 Å². The molecular weight excluding hydrogens is 515 g/mol. The van der Waals surface area contributed by atoms with E-state index >= 15 is 0 Å². The third-order valence-electron chi connectivity index (χ3n) is 8.93. The maximum Gasteiger partial charge on any atom is 0.293 e. The number of benzene rings is 2. The van der Waals surface area contributed by atoms with E-state index in [4.69, 9.17) is 9.47 Å². The number of unbranched alkanes of at least 4 members (excludes halogenated alkanes) is 2.